The third-order valence-corrected chi connectivity index (χ3v) is 5.18. The molecule has 0 unspecified atom stereocenters. The van der Waals surface area contributed by atoms with Crippen LogP contribution in [0.15, 0.2) is 91.0 Å². The van der Waals surface area contributed by atoms with Gasteiger partial charge in [0.25, 0.3) is 0 Å². The van der Waals surface area contributed by atoms with E-state index in [-0.39, 0.29) is 17.7 Å². The number of carbonyl (C=O) groups is 3. The number of rotatable bonds is 7. The molecular weight excluding hydrogens is 440 g/mol. The van der Waals surface area contributed by atoms with Crippen LogP contribution in [0.1, 0.15) is 31.1 Å². The molecule has 4 atom stereocenters. The molecule has 4 rings (SSSR count). The van der Waals surface area contributed by atoms with E-state index in [4.69, 9.17) is 18.9 Å². The number of aliphatic hydroxyl groups is 1. The van der Waals surface area contributed by atoms with Crippen LogP contribution in [-0.4, -0.2) is 54.2 Å². The molecule has 0 aliphatic carbocycles. The number of carbonyl (C=O) groups excluding carboxylic acids is 3. The molecule has 0 bridgehead atoms. The van der Waals surface area contributed by atoms with Crippen molar-refractivity contribution in [2.75, 3.05) is 6.61 Å². The van der Waals surface area contributed by atoms with Gasteiger partial charge in [0.15, 0.2) is 18.5 Å². The monoisotopic (exact) mass is 462 g/mol. The molecule has 1 aliphatic rings. The van der Waals surface area contributed by atoms with Crippen LogP contribution in [0, 0.1) is 0 Å². The highest BCUT2D eigenvalue weighted by Gasteiger charge is 2.50. The highest BCUT2D eigenvalue weighted by atomic mass is 16.7. The van der Waals surface area contributed by atoms with Gasteiger partial charge in [-0.25, -0.2) is 14.4 Å². The first-order valence-electron chi connectivity index (χ1n) is 10.6. The van der Waals surface area contributed by atoms with Crippen LogP contribution in [0.2, 0.25) is 0 Å². The summed E-state index contributed by atoms with van der Waals surface area (Å²) in [4.78, 5) is 37.6. The van der Waals surface area contributed by atoms with Crippen LogP contribution >= 0.6 is 0 Å². The molecule has 1 fully saturated rings. The first kappa shape index (κ1) is 23.2. The number of benzene rings is 3. The molecule has 1 aliphatic heterocycles. The number of hydrogen-bond acceptors (Lipinski definition) is 8. The molecule has 0 radical (unpaired) electrons. The zero-order valence-corrected chi connectivity index (χ0v) is 18.0. The second-order valence-corrected chi connectivity index (χ2v) is 7.50. The van der Waals surface area contributed by atoms with Crippen molar-refractivity contribution in [3.63, 3.8) is 0 Å². The topological polar surface area (TPSA) is 108 Å². The Morgan fingerprint density at radius 3 is 1.53 bits per heavy atom. The van der Waals surface area contributed by atoms with Crippen molar-refractivity contribution in [2.24, 2.45) is 0 Å². The average molecular weight is 462 g/mol. The van der Waals surface area contributed by atoms with Crippen LogP contribution in [0.25, 0.3) is 0 Å². The molecule has 34 heavy (non-hydrogen) atoms. The lowest BCUT2D eigenvalue weighted by atomic mass is 10.1. The number of hydrogen-bond donors (Lipinski definition) is 1. The third kappa shape index (κ3) is 5.48. The lowest BCUT2D eigenvalue weighted by molar-refractivity contribution is -0.135. The number of esters is 3. The maximum atomic E-state index is 12.7. The summed E-state index contributed by atoms with van der Waals surface area (Å²) >= 11 is 0. The average Bonchev–Trinajstić information content (AvgIpc) is 3.17. The first-order chi connectivity index (χ1) is 16.5. The van der Waals surface area contributed by atoms with Gasteiger partial charge in [-0.3, -0.25) is 0 Å². The predicted molar refractivity (Wildman–Crippen MR) is 119 cm³/mol. The number of ether oxygens (including phenoxy) is 4. The van der Waals surface area contributed by atoms with E-state index in [9.17, 15) is 19.5 Å². The maximum absolute atomic E-state index is 12.7. The van der Waals surface area contributed by atoms with Crippen molar-refractivity contribution in [2.45, 2.75) is 24.6 Å². The van der Waals surface area contributed by atoms with E-state index in [1.807, 2.05) is 0 Å². The van der Waals surface area contributed by atoms with Crippen molar-refractivity contribution >= 4 is 17.9 Å². The standard InChI is InChI=1S/C26H22O8/c27-23(17-10-4-1-5-11-17)31-16-20-21(33-24(28)18-12-6-2-7-13-18)22(26(30)32-20)34-25(29)19-14-8-3-9-15-19/h1-15,20-22,26,30H,16H2/t20-,21-,22+,26+/m1/s1. The molecule has 3 aromatic carbocycles. The normalized spacial score (nSPS) is 21.4. The minimum absolute atomic E-state index is 0.252. The van der Waals surface area contributed by atoms with Crippen molar-refractivity contribution in [1.29, 1.82) is 0 Å². The summed E-state index contributed by atoms with van der Waals surface area (Å²) in [6, 6.07) is 24.7. The van der Waals surface area contributed by atoms with E-state index in [0.717, 1.165) is 0 Å². The lowest BCUT2D eigenvalue weighted by Gasteiger charge is -2.23. The van der Waals surface area contributed by atoms with Gasteiger partial charge in [0.05, 0.1) is 16.7 Å². The highest BCUT2D eigenvalue weighted by Crippen LogP contribution is 2.28. The number of aliphatic hydroxyl groups excluding tert-OH is 1. The smallest absolute Gasteiger partial charge is 0.338 e. The molecule has 0 spiro atoms. The Bertz CT molecular complexity index is 1120. The van der Waals surface area contributed by atoms with Gasteiger partial charge in [0.2, 0.25) is 0 Å². The molecule has 0 amide bonds. The quantitative estimate of drug-likeness (QED) is 0.422. The van der Waals surface area contributed by atoms with Gasteiger partial charge in [-0.2, -0.15) is 0 Å². The zero-order valence-electron chi connectivity index (χ0n) is 18.0. The van der Waals surface area contributed by atoms with Crippen LogP contribution < -0.4 is 0 Å². The Morgan fingerprint density at radius 1 is 0.647 bits per heavy atom. The van der Waals surface area contributed by atoms with E-state index in [0.29, 0.717) is 5.56 Å². The Kier molecular flexibility index (Phi) is 7.31. The van der Waals surface area contributed by atoms with E-state index in [1.165, 1.54) is 0 Å². The summed E-state index contributed by atoms with van der Waals surface area (Å²) in [5.74, 6) is -2.05. The summed E-state index contributed by atoms with van der Waals surface area (Å²) in [6.07, 6.45) is -5.22. The van der Waals surface area contributed by atoms with E-state index in [1.54, 1.807) is 91.0 Å². The van der Waals surface area contributed by atoms with Crippen molar-refractivity contribution in [1.82, 2.24) is 0 Å². The van der Waals surface area contributed by atoms with Gasteiger partial charge < -0.3 is 24.1 Å². The fraction of sp³-hybridized carbons (Fsp3) is 0.192. The molecule has 1 saturated heterocycles. The van der Waals surface area contributed by atoms with Crippen LogP contribution in [0.4, 0.5) is 0 Å². The molecule has 0 aromatic heterocycles. The molecule has 3 aromatic rings. The predicted octanol–water partition coefficient (Wildman–Crippen LogP) is 3.01. The fourth-order valence-corrected chi connectivity index (χ4v) is 3.46. The van der Waals surface area contributed by atoms with Crippen molar-refractivity contribution < 1.29 is 38.4 Å². The van der Waals surface area contributed by atoms with E-state index < -0.39 is 42.5 Å². The highest BCUT2D eigenvalue weighted by molar-refractivity contribution is 5.90. The Labute approximate surface area is 195 Å². The van der Waals surface area contributed by atoms with Crippen molar-refractivity contribution in [3.05, 3.63) is 108 Å². The summed E-state index contributed by atoms with van der Waals surface area (Å²) < 4.78 is 21.8. The molecule has 8 heteroatoms. The molecule has 0 saturated carbocycles. The van der Waals surface area contributed by atoms with Crippen LogP contribution in [0.5, 0.6) is 0 Å². The second-order valence-electron chi connectivity index (χ2n) is 7.50. The molecule has 8 nitrogen and oxygen atoms in total. The van der Waals surface area contributed by atoms with Gasteiger partial charge in [-0.15, -0.1) is 0 Å². The SMILES string of the molecule is O=C(OC[C@H]1O[C@H](O)[C@@H](OC(=O)c2ccccc2)[C@@H]1OC(=O)c1ccccc1)c1ccccc1. The van der Waals surface area contributed by atoms with Crippen molar-refractivity contribution in [3.8, 4) is 0 Å². The van der Waals surface area contributed by atoms with Gasteiger partial charge in [-0.05, 0) is 36.4 Å². The molecule has 1 N–H and O–H groups in total. The Hall–Kier alpha value is -4.01. The lowest BCUT2D eigenvalue weighted by Crippen LogP contribution is -2.42. The van der Waals surface area contributed by atoms with Crippen LogP contribution in [-0.2, 0) is 18.9 Å². The summed E-state index contributed by atoms with van der Waals surface area (Å²) in [6.45, 7) is -0.336. The minimum atomic E-state index is -1.60. The van der Waals surface area contributed by atoms with E-state index >= 15 is 0 Å². The third-order valence-electron chi connectivity index (χ3n) is 5.18. The van der Waals surface area contributed by atoms with Gasteiger partial charge in [0, 0.05) is 0 Å². The molecule has 1 heterocycles. The summed E-state index contributed by atoms with van der Waals surface area (Å²) in [7, 11) is 0. The van der Waals surface area contributed by atoms with Gasteiger partial charge in [-0.1, -0.05) is 54.6 Å². The van der Waals surface area contributed by atoms with Crippen LogP contribution in [0.3, 0.4) is 0 Å². The summed E-state index contributed by atoms with van der Waals surface area (Å²) in [5.41, 5.74) is 0.838. The van der Waals surface area contributed by atoms with Gasteiger partial charge in [0.1, 0.15) is 12.7 Å². The van der Waals surface area contributed by atoms with E-state index in [2.05, 4.69) is 0 Å². The maximum Gasteiger partial charge on any atom is 0.338 e. The first-order valence-corrected chi connectivity index (χ1v) is 10.6. The Morgan fingerprint density at radius 2 is 1.06 bits per heavy atom. The second kappa shape index (κ2) is 10.7. The summed E-state index contributed by atoms with van der Waals surface area (Å²) in [5, 5.41) is 10.5. The largest absolute Gasteiger partial charge is 0.459 e. The molecular formula is C26H22O8. The fourth-order valence-electron chi connectivity index (χ4n) is 3.46. The van der Waals surface area contributed by atoms with Gasteiger partial charge >= 0.3 is 17.9 Å². The Balaban J connectivity index is 1.51. The molecule has 174 valence electrons. The minimum Gasteiger partial charge on any atom is -0.459 e. The zero-order chi connectivity index (χ0) is 23.9.